The van der Waals surface area contributed by atoms with Gasteiger partial charge in [-0.15, -0.1) is 0 Å². The normalized spacial score (nSPS) is 9.90. The van der Waals surface area contributed by atoms with Crippen LogP contribution in [-0.2, 0) is 13.6 Å². The molecule has 1 N–H and O–H groups in total. The van der Waals surface area contributed by atoms with E-state index in [1.54, 1.807) is 12.4 Å². The number of benzene rings is 1. The lowest BCUT2D eigenvalue weighted by Gasteiger charge is -2.08. The molecule has 20 heavy (non-hydrogen) atoms. The second-order valence-electron chi connectivity index (χ2n) is 4.26. The third-order valence-corrected chi connectivity index (χ3v) is 2.89. The molecular weight excluding hydrogens is 256 g/mol. The number of rotatable bonds is 2. The summed E-state index contributed by atoms with van der Waals surface area (Å²) < 4.78 is 2.60. The Balaban J connectivity index is 2.43. The Bertz CT molecular complexity index is 791. The highest BCUT2D eigenvalue weighted by Gasteiger charge is 2.05. The second kappa shape index (κ2) is 6.04. The van der Waals surface area contributed by atoms with Crippen LogP contribution < -0.4 is 11.1 Å². The van der Waals surface area contributed by atoms with Gasteiger partial charge in [-0.3, -0.25) is 9.59 Å². The largest absolute Gasteiger partial charge is 0.384 e. The lowest BCUT2D eigenvalue weighted by Crippen LogP contribution is -2.39. The summed E-state index contributed by atoms with van der Waals surface area (Å²) in [6, 6.07) is 7.32. The molecule has 0 bridgehead atoms. The van der Waals surface area contributed by atoms with Crippen LogP contribution in [0.2, 0.25) is 0 Å². The van der Waals surface area contributed by atoms with Crippen LogP contribution in [0.4, 0.5) is 0 Å². The van der Waals surface area contributed by atoms with Crippen molar-refractivity contribution >= 4 is 0 Å². The van der Waals surface area contributed by atoms with Crippen molar-refractivity contribution < 1.29 is 5.11 Å². The number of aryl methyl sites for hydroxylation is 1. The van der Waals surface area contributed by atoms with E-state index in [-0.39, 0.29) is 13.2 Å². The van der Waals surface area contributed by atoms with Gasteiger partial charge in [0, 0.05) is 25.0 Å². The van der Waals surface area contributed by atoms with Gasteiger partial charge in [0.05, 0.1) is 6.54 Å². The van der Waals surface area contributed by atoms with Crippen molar-refractivity contribution in [3.63, 3.8) is 0 Å². The average molecular weight is 270 g/mol. The summed E-state index contributed by atoms with van der Waals surface area (Å²) >= 11 is 0. The van der Waals surface area contributed by atoms with E-state index in [1.807, 2.05) is 24.3 Å². The van der Waals surface area contributed by atoms with Gasteiger partial charge < -0.3 is 14.2 Å². The fourth-order valence-electron chi connectivity index (χ4n) is 1.81. The quantitative estimate of drug-likeness (QED) is 0.614. The maximum Gasteiger partial charge on any atom is 0.316 e. The minimum atomic E-state index is -0.570. The molecule has 2 aromatic rings. The third kappa shape index (κ3) is 2.87. The van der Waals surface area contributed by atoms with Crippen molar-refractivity contribution in [2.24, 2.45) is 7.05 Å². The minimum absolute atomic E-state index is 0.222. The van der Waals surface area contributed by atoms with Gasteiger partial charge in [0.2, 0.25) is 0 Å². The molecule has 5 heteroatoms. The predicted molar refractivity (Wildman–Crippen MR) is 75.5 cm³/mol. The molecule has 1 aromatic heterocycles. The van der Waals surface area contributed by atoms with Gasteiger partial charge in [0.15, 0.2) is 0 Å². The number of hydrogen-bond acceptors (Lipinski definition) is 3. The first-order valence-corrected chi connectivity index (χ1v) is 6.07. The molecule has 2 rings (SSSR count). The second-order valence-corrected chi connectivity index (χ2v) is 4.26. The molecule has 0 spiro atoms. The SMILES string of the molecule is Cn1ccn(Cc2ccccc2C#CCO)c(=O)c1=O. The van der Waals surface area contributed by atoms with E-state index in [0.29, 0.717) is 0 Å². The number of aromatic nitrogens is 2. The van der Waals surface area contributed by atoms with Crippen LogP contribution in [-0.4, -0.2) is 20.8 Å². The number of nitrogens with zero attached hydrogens (tertiary/aromatic N) is 2. The summed E-state index contributed by atoms with van der Waals surface area (Å²) in [7, 11) is 1.54. The lowest BCUT2D eigenvalue weighted by molar-refractivity contribution is 0.350. The minimum Gasteiger partial charge on any atom is -0.384 e. The summed E-state index contributed by atoms with van der Waals surface area (Å²) in [5, 5.41) is 8.75. The molecule has 1 heterocycles. The van der Waals surface area contributed by atoms with E-state index < -0.39 is 11.1 Å². The zero-order chi connectivity index (χ0) is 14.5. The number of hydrogen-bond donors (Lipinski definition) is 1. The fourth-order valence-corrected chi connectivity index (χ4v) is 1.81. The Hall–Kier alpha value is -2.58. The zero-order valence-corrected chi connectivity index (χ0v) is 11.0. The predicted octanol–water partition coefficient (Wildman–Crippen LogP) is -0.0609. The smallest absolute Gasteiger partial charge is 0.316 e. The first kappa shape index (κ1) is 13.8. The fraction of sp³-hybridized carbons (Fsp3) is 0.200. The van der Waals surface area contributed by atoms with Crippen LogP contribution >= 0.6 is 0 Å². The van der Waals surface area contributed by atoms with Gasteiger partial charge in [-0.05, 0) is 11.6 Å². The molecule has 0 amide bonds. The van der Waals surface area contributed by atoms with Gasteiger partial charge in [0.25, 0.3) is 0 Å². The Morgan fingerprint density at radius 1 is 1.15 bits per heavy atom. The van der Waals surface area contributed by atoms with Gasteiger partial charge in [0.1, 0.15) is 6.61 Å². The van der Waals surface area contributed by atoms with E-state index in [0.717, 1.165) is 11.1 Å². The summed E-state index contributed by atoms with van der Waals surface area (Å²) in [4.78, 5) is 23.5. The molecule has 0 unspecified atom stereocenters. The monoisotopic (exact) mass is 270 g/mol. The highest BCUT2D eigenvalue weighted by molar-refractivity contribution is 5.41. The van der Waals surface area contributed by atoms with Crippen LogP contribution in [0.1, 0.15) is 11.1 Å². The van der Waals surface area contributed by atoms with Crippen molar-refractivity contribution in [1.29, 1.82) is 0 Å². The lowest BCUT2D eigenvalue weighted by atomic mass is 10.1. The van der Waals surface area contributed by atoms with Crippen LogP contribution in [0.5, 0.6) is 0 Å². The highest BCUT2D eigenvalue weighted by atomic mass is 16.2. The van der Waals surface area contributed by atoms with Gasteiger partial charge >= 0.3 is 11.1 Å². The van der Waals surface area contributed by atoms with E-state index in [4.69, 9.17) is 5.11 Å². The molecule has 0 aliphatic heterocycles. The van der Waals surface area contributed by atoms with Crippen LogP contribution in [0.15, 0.2) is 46.2 Å². The Morgan fingerprint density at radius 2 is 1.90 bits per heavy atom. The molecule has 0 fully saturated rings. The first-order chi connectivity index (χ1) is 9.63. The van der Waals surface area contributed by atoms with Crippen molar-refractivity contribution in [2.45, 2.75) is 6.54 Å². The number of aliphatic hydroxyl groups is 1. The van der Waals surface area contributed by atoms with Gasteiger partial charge in [-0.2, -0.15) is 0 Å². The molecule has 0 atom stereocenters. The van der Waals surface area contributed by atoms with E-state index in [1.165, 1.54) is 16.2 Å². The molecule has 1 aromatic carbocycles. The Kier molecular flexibility index (Phi) is 4.18. The molecule has 0 aliphatic rings. The molecular formula is C15H14N2O3. The highest BCUT2D eigenvalue weighted by Crippen LogP contribution is 2.08. The van der Waals surface area contributed by atoms with Crippen LogP contribution in [0, 0.1) is 11.8 Å². The van der Waals surface area contributed by atoms with Gasteiger partial charge in [-0.1, -0.05) is 30.0 Å². The van der Waals surface area contributed by atoms with Crippen molar-refractivity contribution in [3.05, 3.63) is 68.5 Å². The molecule has 0 aliphatic carbocycles. The third-order valence-electron chi connectivity index (χ3n) is 2.89. The maximum atomic E-state index is 11.9. The maximum absolute atomic E-state index is 11.9. The summed E-state index contributed by atoms with van der Waals surface area (Å²) in [6.07, 6.45) is 3.12. The first-order valence-electron chi connectivity index (χ1n) is 6.07. The Morgan fingerprint density at radius 3 is 2.65 bits per heavy atom. The van der Waals surface area contributed by atoms with Gasteiger partial charge in [-0.25, -0.2) is 0 Å². The topological polar surface area (TPSA) is 64.2 Å². The standard InChI is InChI=1S/C15H14N2O3/c1-16-8-9-17(15(20)14(16)19)11-13-6-3-2-5-12(13)7-4-10-18/h2-3,5-6,8-9,18H,10-11H2,1H3. The van der Waals surface area contributed by atoms with E-state index >= 15 is 0 Å². The van der Waals surface area contributed by atoms with Crippen LogP contribution in [0.3, 0.4) is 0 Å². The molecule has 0 radical (unpaired) electrons. The Labute approximate surface area is 115 Å². The van der Waals surface area contributed by atoms with Crippen molar-refractivity contribution in [2.75, 3.05) is 6.61 Å². The molecule has 0 saturated carbocycles. The van der Waals surface area contributed by atoms with E-state index in [2.05, 4.69) is 11.8 Å². The van der Waals surface area contributed by atoms with Crippen molar-refractivity contribution in [3.8, 4) is 11.8 Å². The van der Waals surface area contributed by atoms with Crippen molar-refractivity contribution in [1.82, 2.24) is 9.13 Å². The summed E-state index contributed by atoms with van der Waals surface area (Å²) in [6.45, 7) is 0.0470. The average Bonchev–Trinajstić information content (AvgIpc) is 2.47. The van der Waals surface area contributed by atoms with E-state index in [9.17, 15) is 9.59 Å². The summed E-state index contributed by atoms with van der Waals surface area (Å²) in [5.74, 6) is 5.41. The van der Waals surface area contributed by atoms with Crippen LogP contribution in [0.25, 0.3) is 0 Å². The number of aliphatic hydroxyl groups excluding tert-OH is 1. The zero-order valence-electron chi connectivity index (χ0n) is 11.0. The molecule has 102 valence electrons. The molecule has 5 nitrogen and oxygen atoms in total. The summed E-state index contributed by atoms with van der Waals surface area (Å²) in [5.41, 5.74) is 0.421. The molecule has 0 saturated heterocycles.